The van der Waals surface area contributed by atoms with E-state index in [2.05, 4.69) is 30.6 Å². The number of rotatable bonds is 11. The molecule has 1 saturated heterocycles. The lowest BCUT2D eigenvalue weighted by molar-refractivity contribution is -0.130. The molecule has 2 aromatic heterocycles. The summed E-state index contributed by atoms with van der Waals surface area (Å²) >= 11 is 0. The number of fused-ring (bicyclic) bond motifs is 1. The van der Waals surface area contributed by atoms with Crippen LogP contribution < -0.4 is 25.4 Å². The van der Waals surface area contributed by atoms with Crippen molar-refractivity contribution < 1.29 is 33.2 Å². The molecule has 4 rings (SSSR count). The lowest BCUT2D eigenvalue weighted by Gasteiger charge is -2.20. The van der Waals surface area contributed by atoms with Crippen LogP contribution in [0.5, 0.6) is 11.6 Å². The average molecular weight is 483 g/mol. The van der Waals surface area contributed by atoms with Crippen LogP contribution in [0.15, 0.2) is 41.1 Å². The lowest BCUT2D eigenvalue weighted by atomic mass is 9.96. The molecular formula is C23H25N5O7. The predicted octanol–water partition coefficient (Wildman–Crippen LogP) is 0.553. The maximum absolute atomic E-state index is 12.8. The third-order valence-corrected chi connectivity index (χ3v) is 5.68. The highest BCUT2D eigenvalue weighted by atomic mass is 16.5. The second kappa shape index (κ2) is 10.7. The van der Waals surface area contributed by atoms with Gasteiger partial charge in [-0.2, -0.15) is 0 Å². The number of aromatic nitrogens is 2. The molecule has 1 aromatic carbocycles. The number of benzene rings is 1. The number of aromatic amines is 1. The van der Waals surface area contributed by atoms with Crippen molar-refractivity contribution in [2.45, 2.75) is 18.9 Å². The van der Waals surface area contributed by atoms with Gasteiger partial charge in [0.25, 0.3) is 11.8 Å². The fraction of sp³-hybridized carbons (Fsp3) is 0.348. The Bertz CT molecular complexity index is 1220. The van der Waals surface area contributed by atoms with Crippen molar-refractivity contribution in [2.75, 3.05) is 26.8 Å². The van der Waals surface area contributed by atoms with Gasteiger partial charge in [-0.15, -0.1) is 0 Å². The number of hydrogen-bond acceptors (Lipinski definition) is 8. The third-order valence-electron chi connectivity index (χ3n) is 5.68. The van der Waals surface area contributed by atoms with Gasteiger partial charge in [-0.25, -0.2) is 0 Å². The SMILES string of the molecule is COc1cccc2[nH]c(C(=O)NCC(=O)NC(C[C@@H]3CCNC3=O)C(=O)COc3ccon3)cc12. The summed E-state index contributed by atoms with van der Waals surface area (Å²) in [5, 5.41) is 12.2. The van der Waals surface area contributed by atoms with E-state index in [0.717, 1.165) is 5.39 Å². The third kappa shape index (κ3) is 5.78. The average Bonchev–Trinajstić information content (AvgIpc) is 3.61. The molecule has 0 radical (unpaired) electrons. The number of carbonyl (C=O) groups is 4. The topological polar surface area (TPSA) is 165 Å². The Labute approximate surface area is 199 Å². The Morgan fingerprint density at radius 2 is 2.14 bits per heavy atom. The van der Waals surface area contributed by atoms with Crippen LogP contribution in [-0.2, 0) is 14.4 Å². The molecule has 3 aromatic rings. The minimum Gasteiger partial charge on any atom is -0.496 e. The summed E-state index contributed by atoms with van der Waals surface area (Å²) in [6.07, 6.45) is 1.98. The highest BCUT2D eigenvalue weighted by Gasteiger charge is 2.31. The van der Waals surface area contributed by atoms with Crippen molar-refractivity contribution in [3.05, 3.63) is 42.3 Å². The quantitative estimate of drug-likeness (QED) is 0.307. The number of H-pyrrole nitrogens is 1. The number of hydrogen-bond donors (Lipinski definition) is 4. The molecular weight excluding hydrogens is 458 g/mol. The second-order valence-corrected chi connectivity index (χ2v) is 8.01. The summed E-state index contributed by atoms with van der Waals surface area (Å²) in [6, 6.07) is 7.48. The normalized spacial score (nSPS) is 15.9. The van der Waals surface area contributed by atoms with Crippen molar-refractivity contribution in [3.8, 4) is 11.6 Å². The monoisotopic (exact) mass is 483 g/mol. The lowest BCUT2D eigenvalue weighted by Crippen LogP contribution is -2.48. The molecule has 12 nitrogen and oxygen atoms in total. The van der Waals surface area contributed by atoms with Gasteiger partial charge >= 0.3 is 0 Å². The van der Waals surface area contributed by atoms with E-state index in [1.165, 1.54) is 19.4 Å². The van der Waals surface area contributed by atoms with E-state index < -0.39 is 29.6 Å². The van der Waals surface area contributed by atoms with Crippen LogP contribution in [0.4, 0.5) is 0 Å². The van der Waals surface area contributed by atoms with Crippen molar-refractivity contribution in [1.29, 1.82) is 0 Å². The first-order valence-corrected chi connectivity index (χ1v) is 11.0. The van der Waals surface area contributed by atoms with Gasteiger partial charge in [0.15, 0.2) is 12.4 Å². The summed E-state index contributed by atoms with van der Waals surface area (Å²) in [6.45, 7) is -0.218. The van der Waals surface area contributed by atoms with Gasteiger partial charge in [0, 0.05) is 29.4 Å². The van der Waals surface area contributed by atoms with Crippen LogP contribution in [0.2, 0.25) is 0 Å². The number of Topliss-reactive ketones (excluding diaryl/α,β-unsaturated/α-hetero) is 1. The van der Waals surface area contributed by atoms with Crippen LogP contribution in [-0.4, -0.2) is 66.5 Å². The molecule has 1 aliphatic rings. The molecule has 4 N–H and O–H groups in total. The molecule has 3 amide bonds. The molecule has 2 atom stereocenters. The fourth-order valence-corrected chi connectivity index (χ4v) is 3.88. The van der Waals surface area contributed by atoms with Gasteiger partial charge in [0.05, 0.1) is 19.7 Å². The van der Waals surface area contributed by atoms with Crippen LogP contribution in [0, 0.1) is 5.92 Å². The van der Waals surface area contributed by atoms with E-state index in [1.807, 2.05) is 0 Å². The molecule has 1 fully saturated rings. The Hall–Kier alpha value is -4.35. The number of ketones is 1. The zero-order valence-electron chi connectivity index (χ0n) is 19.0. The Morgan fingerprint density at radius 1 is 1.29 bits per heavy atom. The minimum absolute atomic E-state index is 0.119. The van der Waals surface area contributed by atoms with E-state index in [0.29, 0.717) is 24.2 Å². The van der Waals surface area contributed by atoms with E-state index in [9.17, 15) is 19.2 Å². The number of nitrogens with zero attached hydrogens (tertiary/aromatic N) is 1. The molecule has 1 aliphatic heterocycles. The zero-order valence-corrected chi connectivity index (χ0v) is 19.0. The van der Waals surface area contributed by atoms with Gasteiger partial charge in [-0.3, -0.25) is 19.2 Å². The zero-order chi connectivity index (χ0) is 24.8. The van der Waals surface area contributed by atoms with Crippen LogP contribution in [0.25, 0.3) is 10.9 Å². The molecule has 0 aliphatic carbocycles. The Morgan fingerprint density at radius 3 is 2.86 bits per heavy atom. The van der Waals surface area contributed by atoms with Crippen molar-refractivity contribution in [2.24, 2.45) is 5.92 Å². The number of amides is 3. The Balaban J connectivity index is 1.36. The number of methoxy groups -OCH3 is 1. The van der Waals surface area contributed by atoms with Crippen LogP contribution in [0.1, 0.15) is 23.3 Å². The molecule has 0 spiro atoms. The van der Waals surface area contributed by atoms with Crippen molar-refractivity contribution >= 4 is 34.4 Å². The molecule has 12 heteroatoms. The van der Waals surface area contributed by atoms with Crippen molar-refractivity contribution in [3.63, 3.8) is 0 Å². The summed E-state index contributed by atoms with van der Waals surface area (Å²) in [4.78, 5) is 52.9. The first-order valence-electron chi connectivity index (χ1n) is 11.0. The van der Waals surface area contributed by atoms with Gasteiger partial charge in [-0.1, -0.05) is 6.07 Å². The first-order chi connectivity index (χ1) is 16.9. The summed E-state index contributed by atoms with van der Waals surface area (Å²) < 4.78 is 15.2. The summed E-state index contributed by atoms with van der Waals surface area (Å²) in [7, 11) is 1.54. The highest BCUT2D eigenvalue weighted by Crippen LogP contribution is 2.26. The maximum atomic E-state index is 12.8. The Kier molecular flexibility index (Phi) is 7.29. The molecule has 0 bridgehead atoms. The van der Waals surface area contributed by atoms with Gasteiger partial charge in [-0.05, 0) is 36.2 Å². The molecule has 1 unspecified atom stereocenters. The molecule has 0 saturated carbocycles. The van der Waals surface area contributed by atoms with Gasteiger partial charge in [0.2, 0.25) is 11.8 Å². The summed E-state index contributed by atoms with van der Waals surface area (Å²) in [5.41, 5.74) is 0.972. The largest absolute Gasteiger partial charge is 0.496 e. The standard InChI is InChI=1S/C23H25N5O7/c1-33-19-4-2-3-15-14(19)10-17(26-15)23(32)25-11-20(30)27-16(9-13-5-7-24-22(13)31)18(29)12-34-21-6-8-35-28-21/h2-4,6,8,10,13,16,26H,5,7,9,11-12H2,1H3,(H,24,31)(H,25,32)(H,27,30)/t13-,16?/m0/s1. The van der Waals surface area contributed by atoms with Gasteiger partial charge < -0.3 is 34.9 Å². The number of nitrogens with one attached hydrogen (secondary N) is 4. The minimum atomic E-state index is -0.975. The van der Waals surface area contributed by atoms with Crippen molar-refractivity contribution in [1.82, 2.24) is 26.1 Å². The van der Waals surface area contributed by atoms with E-state index in [4.69, 9.17) is 9.47 Å². The van der Waals surface area contributed by atoms with E-state index in [-0.39, 0.29) is 37.1 Å². The van der Waals surface area contributed by atoms with Crippen LogP contribution in [0.3, 0.4) is 0 Å². The maximum Gasteiger partial charge on any atom is 0.268 e. The molecule has 3 heterocycles. The number of ether oxygens (including phenoxy) is 2. The fourth-order valence-electron chi connectivity index (χ4n) is 3.88. The highest BCUT2D eigenvalue weighted by molar-refractivity contribution is 6.01. The molecule has 35 heavy (non-hydrogen) atoms. The second-order valence-electron chi connectivity index (χ2n) is 8.01. The summed E-state index contributed by atoms with van der Waals surface area (Å²) in [5.74, 6) is -1.35. The number of carbonyl (C=O) groups excluding carboxylic acids is 4. The predicted molar refractivity (Wildman–Crippen MR) is 122 cm³/mol. The smallest absolute Gasteiger partial charge is 0.268 e. The van der Waals surface area contributed by atoms with E-state index in [1.54, 1.807) is 24.3 Å². The van der Waals surface area contributed by atoms with Crippen LogP contribution >= 0.6 is 0 Å². The van der Waals surface area contributed by atoms with Gasteiger partial charge in [0.1, 0.15) is 17.7 Å². The van der Waals surface area contributed by atoms with E-state index >= 15 is 0 Å². The molecule has 184 valence electrons. The first kappa shape index (κ1) is 23.8.